The van der Waals surface area contributed by atoms with E-state index in [2.05, 4.69) is 15.6 Å². The lowest BCUT2D eigenvalue weighted by molar-refractivity contribution is -0.147. The maximum Gasteiger partial charge on any atom is 0.313 e. The molecule has 1 aromatic rings. The predicted molar refractivity (Wildman–Crippen MR) is 74.0 cm³/mol. The molecule has 2 atom stereocenters. The van der Waals surface area contributed by atoms with Crippen molar-refractivity contribution < 1.29 is 22.3 Å². The van der Waals surface area contributed by atoms with Crippen LogP contribution in [0.2, 0.25) is 0 Å². The van der Waals surface area contributed by atoms with Gasteiger partial charge in [-0.15, -0.1) is 0 Å². The molecule has 1 heterocycles. The van der Waals surface area contributed by atoms with E-state index in [9.17, 15) is 17.6 Å². The number of hydrazine groups is 1. The molecule has 2 rings (SSSR count). The number of carbonyl (C=O) groups is 1. The average molecular weight is 317 g/mol. The molecule has 0 aromatic heterocycles. The number of carbonyl (C=O) groups excluding carboxylic acids is 1. The van der Waals surface area contributed by atoms with E-state index in [0.717, 1.165) is 6.07 Å². The summed E-state index contributed by atoms with van der Waals surface area (Å²) in [5.41, 5.74) is 5.24. The standard InChI is InChI=1S/C12H16FN3O4S/c1-2-20-12(17)10-7-14-15-11(10)21(18,19)16-9-5-3-4-8(13)6-9/h3-6,10-11,14-16H,2,7H2,1H3. The molecule has 0 bridgehead atoms. The SMILES string of the molecule is CCOC(=O)C1CNNC1S(=O)(=O)Nc1cccc(F)c1. The molecule has 1 aliphatic rings. The van der Waals surface area contributed by atoms with Crippen LogP contribution in [0.4, 0.5) is 10.1 Å². The Morgan fingerprint density at radius 1 is 1.52 bits per heavy atom. The maximum atomic E-state index is 13.1. The normalized spacial score (nSPS) is 22.0. The van der Waals surface area contributed by atoms with Crippen LogP contribution in [0, 0.1) is 11.7 Å². The van der Waals surface area contributed by atoms with Crippen molar-refractivity contribution in [1.82, 2.24) is 10.9 Å². The van der Waals surface area contributed by atoms with E-state index in [4.69, 9.17) is 4.74 Å². The van der Waals surface area contributed by atoms with Crippen LogP contribution in [-0.4, -0.2) is 32.9 Å². The van der Waals surface area contributed by atoms with Gasteiger partial charge in [0.05, 0.1) is 12.3 Å². The van der Waals surface area contributed by atoms with Crippen molar-refractivity contribution in [2.75, 3.05) is 17.9 Å². The lowest BCUT2D eigenvalue weighted by Gasteiger charge is -2.18. The quantitative estimate of drug-likeness (QED) is 0.671. The Morgan fingerprint density at radius 2 is 2.29 bits per heavy atom. The number of rotatable bonds is 5. The Labute approximate surface area is 121 Å². The minimum absolute atomic E-state index is 0.0892. The Balaban J connectivity index is 2.16. The Kier molecular flexibility index (Phi) is 4.76. The van der Waals surface area contributed by atoms with E-state index >= 15 is 0 Å². The molecule has 0 aliphatic carbocycles. The van der Waals surface area contributed by atoms with Gasteiger partial charge in [0.2, 0.25) is 0 Å². The molecule has 116 valence electrons. The topological polar surface area (TPSA) is 96.5 Å². The van der Waals surface area contributed by atoms with E-state index in [0.29, 0.717) is 0 Å². The lowest BCUT2D eigenvalue weighted by Crippen LogP contribution is -2.44. The summed E-state index contributed by atoms with van der Waals surface area (Å²) in [6, 6.07) is 5.06. The summed E-state index contributed by atoms with van der Waals surface area (Å²) in [5, 5.41) is -1.19. The third-order valence-corrected chi connectivity index (χ3v) is 4.58. The predicted octanol–water partition coefficient (Wildman–Crippen LogP) is 0.181. The summed E-state index contributed by atoms with van der Waals surface area (Å²) >= 11 is 0. The van der Waals surface area contributed by atoms with E-state index in [1.54, 1.807) is 6.92 Å². The van der Waals surface area contributed by atoms with Gasteiger partial charge in [-0.1, -0.05) is 6.07 Å². The average Bonchev–Trinajstić information content (AvgIpc) is 2.88. The number of anilines is 1. The second kappa shape index (κ2) is 6.37. The van der Waals surface area contributed by atoms with E-state index in [1.165, 1.54) is 18.2 Å². The summed E-state index contributed by atoms with van der Waals surface area (Å²) in [7, 11) is -3.93. The Morgan fingerprint density at radius 3 is 2.95 bits per heavy atom. The van der Waals surface area contributed by atoms with Gasteiger partial charge in [0, 0.05) is 6.54 Å². The summed E-state index contributed by atoms with van der Waals surface area (Å²) in [4.78, 5) is 11.8. The fraction of sp³-hybridized carbons (Fsp3) is 0.417. The molecule has 1 saturated heterocycles. The number of hydrogen-bond donors (Lipinski definition) is 3. The first kappa shape index (κ1) is 15.7. The molecular formula is C12H16FN3O4S. The first-order valence-electron chi connectivity index (χ1n) is 6.36. The summed E-state index contributed by atoms with van der Waals surface area (Å²) in [6.45, 7) is 1.94. The largest absolute Gasteiger partial charge is 0.466 e. The molecule has 3 N–H and O–H groups in total. The molecule has 0 spiro atoms. The van der Waals surface area contributed by atoms with Crippen LogP contribution >= 0.6 is 0 Å². The van der Waals surface area contributed by atoms with Gasteiger partial charge in [-0.25, -0.2) is 18.2 Å². The van der Waals surface area contributed by atoms with Gasteiger partial charge in [-0.3, -0.25) is 14.9 Å². The highest BCUT2D eigenvalue weighted by Gasteiger charge is 2.42. The molecule has 1 aliphatic heterocycles. The van der Waals surface area contributed by atoms with Crippen molar-refractivity contribution in [2.24, 2.45) is 5.92 Å². The molecule has 21 heavy (non-hydrogen) atoms. The smallest absolute Gasteiger partial charge is 0.313 e. The molecule has 0 amide bonds. The van der Waals surface area contributed by atoms with E-state index in [-0.39, 0.29) is 18.8 Å². The third kappa shape index (κ3) is 3.69. The molecule has 0 radical (unpaired) electrons. The van der Waals surface area contributed by atoms with Crippen LogP contribution in [0.5, 0.6) is 0 Å². The molecule has 0 saturated carbocycles. The highest BCUT2D eigenvalue weighted by molar-refractivity contribution is 7.93. The van der Waals surface area contributed by atoms with Crippen LogP contribution < -0.4 is 15.6 Å². The summed E-state index contributed by atoms with van der Waals surface area (Å²) in [6.07, 6.45) is 0. The number of benzene rings is 1. The fourth-order valence-electron chi connectivity index (χ4n) is 2.01. The number of ether oxygens (including phenoxy) is 1. The second-order valence-electron chi connectivity index (χ2n) is 4.46. The number of halogens is 1. The zero-order chi connectivity index (χ0) is 15.5. The third-order valence-electron chi connectivity index (χ3n) is 2.94. The van der Waals surface area contributed by atoms with E-state index < -0.39 is 33.1 Å². The van der Waals surface area contributed by atoms with Crippen LogP contribution in [0.15, 0.2) is 24.3 Å². The minimum atomic E-state index is -3.93. The van der Waals surface area contributed by atoms with Crippen molar-refractivity contribution in [3.05, 3.63) is 30.1 Å². The van der Waals surface area contributed by atoms with E-state index in [1.807, 2.05) is 0 Å². The monoisotopic (exact) mass is 317 g/mol. The van der Waals surface area contributed by atoms with Crippen molar-refractivity contribution in [1.29, 1.82) is 0 Å². The van der Waals surface area contributed by atoms with Crippen LogP contribution in [-0.2, 0) is 19.6 Å². The van der Waals surface area contributed by atoms with Gasteiger partial charge in [0.15, 0.2) is 5.37 Å². The van der Waals surface area contributed by atoms with Gasteiger partial charge in [-0.2, -0.15) is 0 Å². The first-order chi connectivity index (χ1) is 9.94. The van der Waals surface area contributed by atoms with Crippen LogP contribution in [0.1, 0.15) is 6.92 Å². The van der Waals surface area contributed by atoms with Crippen molar-refractivity contribution >= 4 is 21.7 Å². The maximum absolute atomic E-state index is 13.1. The van der Waals surface area contributed by atoms with Gasteiger partial charge >= 0.3 is 5.97 Å². The molecular weight excluding hydrogens is 301 g/mol. The Hall–Kier alpha value is -1.71. The van der Waals surface area contributed by atoms with Crippen molar-refractivity contribution in [2.45, 2.75) is 12.3 Å². The molecule has 1 aromatic carbocycles. The highest BCUT2D eigenvalue weighted by Crippen LogP contribution is 2.19. The lowest BCUT2D eigenvalue weighted by atomic mass is 10.2. The number of hydrogen-bond acceptors (Lipinski definition) is 6. The zero-order valence-electron chi connectivity index (χ0n) is 11.3. The number of nitrogens with one attached hydrogen (secondary N) is 3. The van der Waals surface area contributed by atoms with Crippen LogP contribution in [0.3, 0.4) is 0 Å². The number of esters is 1. The summed E-state index contributed by atoms with van der Waals surface area (Å²) in [5.74, 6) is -2.05. The molecule has 2 unspecified atom stereocenters. The zero-order valence-corrected chi connectivity index (χ0v) is 12.1. The van der Waals surface area contributed by atoms with Gasteiger partial charge in [0.25, 0.3) is 10.0 Å². The fourth-order valence-corrected chi connectivity index (χ4v) is 3.47. The summed E-state index contributed by atoms with van der Waals surface area (Å²) < 4.78 is 44.8. The van der Waals surface area contributed by atoms with Gasteiger partial charge < -0.3 is 4.74 Å². The highest BCUT2D eigenvalue weighted by atomic mass is 32.2. The second-order valence-corrected chi connectivity index (χ2v) is 6.26. The Bertz CT molecular complexity index is 623. The molecule has 1 fully saturated rings. The number of sulfonamides is 1. The first-order valence-corrected chi connectivity index (χ1v) is 7.91. The van der Waals surface area contributed by atoms with Gasteiger partial charge in [0.1, 0.15) is 11.7 Å². The van der Waals surface area contributed by atoms with Crippen molar-refractivity contribution in [3.63, 3.8) is 0 Å². The van der Waals surface area contributed by atoms with Crippen molar-refractivity contribution in [3.8, 4) is 0 Å². The molecule has 7 nitrogen and oxygen atoms in total. The van der Waals surface area contributed by atoms with Crippen LogP contribution in [0.25, 0.3) is 0 Å². The minimum Gasteiger partial charge on any atom is -0.466 e. The molecule has 9 heteroatoms. The van der Waals surface area contributed by atoms with Gasteiger partial charge in [-0.05, 0) is 25.1 Å².